The van der Waals surface area contributed by atoms with Crippen LogP contribution in [0.2, 0.25) is 0 Å². The van der Waals surface area contributed by atoms with Gasteiger partial charge < -0.3 is 14.8 Å². The Labute approximate surface area is 191 Å². The number of rotatable bonds is 5. The van der Waals surface area contributed by atoms with Crippen molar-refractivity contribution in [1.29, 1.82) is 0 Å². The molecule has 0 bridgehead atoms. The third-order valence-corrected chi connectivity index (χ3v) is 5.96. The van der Waals surface area contributed by atoms with Gasteiger partial charge in [-0.3, -0.25) is 0 Å². The number of H-pyrrole nitrogens is 1. The van der Waals surface area contributed by atoms with Crippen LogP contribution in [0.15, 0.2) is 48.1 Å². The molecule has 9 heteroatoms. The quantitative estimate of drug-likeness (QED) is 0.603. The second kappa shape index (κ2) is 8.67. The number of fused-ring (bicyclic) bond motifs is 1. The molecule has 0 aromatic carbocycles. The van der Waals surface area contributed by atoms with Crippen LogP contribution in [-0.2, 0) is 0 Å². The third kappa shape index (κ3) is 3.84. The number of aryl methyl sites for hydroxylation is 1. The number of nitrogens with one attached hydrogen (secondary N) is 1. The first-order valence-corrected chi connectivity index (χ1v) is 10.9. The molecule has 0 aliphatic carbocycles. The fourth-order valence-corrected chi connectivity index (χ4v) is 4.08. The van der Waals surface area contributed by atoms with E-state index < -0.39 is 0 Å². The van der Waals surface area contributed by atoms with Gasteiger partial charge in [0.15, 0.2) is 11.3 Å². The highest BCUT2D eigenvalue weighted by molar-refractivity contribution is 5.71. The van der Waals surface area contributed by atoms with Crippen molar-refractivity contribution in [3.63, 3.8) is 0 Å². The Kier molecular flexibility index (Phi) is 5.55. The molecule has 33 heavy (non-hydrogen) atoms. The molecule has 0 spiro atoms. The van der Waals surface area contributed by atoms with Crippen molar-refractivity contribution in [1.82, 2.24) is 34.7 Å². The number of aromatic nitrogens is 5. The number of piperazine rings is 1. The van der Waals surface area contributed by atoms with Crippen molar-refractivity contribution >= 4 is 11.4 Å². The molecule has 5 heterocycles. The minimum atomic E-state index is -0.390. The fraction of sp³-hybridized carbons (Fsp3) is 0.292. The van der Waals surface area contributed by atoms with E-state index >= 15 is 4.39 Å². The summed E-state index contributed by atoms with van der Waals surface area (Å²) in [5.41, 5.74) is 4.59. The van der Waals surface area contributed by atoms with Gasteiger partial charge in [0, 0.05) is 61.6 Å². The monoisotopic (exact) mass is 444 g/mol. The topological polar surface area (TPSA) is 86.2 Å². The van der Waals surface area contributed by atoms with Crippen LogP contribution in [0.5, 0.6) is 0 Å². The van der Waals surface area contributed by atoms with Crippen LogP contribution < -0.4 is 10.7 Å². The summed E-state index contributed by atoms with van der Waals surface area (Å²) in [5, 5.41) is 0.371. The summed E-state index contributed by atoms with van der Waals surface area (Å²) >= 11 is 0. The lowest BCUT2D eigenvalue weighted by Gasteiger charge is -2.35. The molecule has 1 fully saturated rings. The predicted molar refractivity (Wildman–Crippen MR) is 124 cm³/mol. The smallest absolute Gasteiger partial charge is 0.165 e. The summed E-state index contributed by atoms with van der Waals surface area (Å²) in [6.45, 7) is 7.81. The Bertz CT molecular complexity index is 1370. The molecular formula is C24H25FN8. The first kappa shape index (κ1) is 21.1. The Hall–Kier alpha value is -3.72. The Morgan fingerprint density at radius 3 is 2.61 bits per heavy atom. The van der Waals surface area contributed by atoms with Crippen molar-refractivity contribution in [2.75, 3.05) is 33.2 Å². The van der Waals surface area contributed by atoms with Gasteiger partial charge in [-0.15, -0.1) is 0 Å². The number of pyridine rings is 1. The zero-order valence-corrected chi connectivity index (χ0v) is 18.9. The molecule has 0 radical (unpaired) electrons. The maximum absolute atomic E-state index is 15.4. The molecule has 0 saturated carbocycles. The number of imidazole rings is 1. The predicted octanol–water partition coefficient (Wildman–Crippen LogP) is 1.66. The van der Waals surface area contributed by atoms with Gasteiger partial charge in [-0.25, -0.2) is 29.3 Å². The van der Waals surface area contributed by atoms with E-state index in [1.54, 1.807) is 12.4 Å². The van der Waals surface area contributed by atoms with Crippen molar-refractivity contribution < 1.29 is 4.39 Å². The van der Waals surface area contributed by atoms with Gasteiger partial charge in [-0.1, -0.05) is 12.2 Å². The van der Waals surface area contributed by atoms with Crippen LogP contribution in [-0.4, -0.2) is 67.9 Å². The molecule has 3 aromatic rings. The minimum Gasteiger partial charge on any atom is -0.367 e. The summed E-state index contributed by atoms with van der Waals surface area (Å²) in [6, 6.07) is 0. The third-order valence-electron chi connectivity index (χ3n) is 5.96. The summed E-state index contributed by atoms with van der Waals surface area (Å²) < 4.78 is 15.4. The van der Waals surface area contributed by atoms with Crippen molar-refractivity contribution in [3.05, 3.63) is 76.9 Å². The van der Waals surface area contributed by atoms with Gasteiger partial charge >= 0.3 is 0 Å². The van der Waals surface area contributed by atoms with Gasteiger partial charge in [0.05, 0.1) is 10.9 Å². The van der Waals surface area contributed by atoms with Gasteiger partial charge in [0.2, 0.25) is 0 Å². The van der Waals surface area contributed by atoms with E-state index in [1.165, 1.54) is 12.5 Å². The number of allylic oxidation sites excluding steroid dienone is 3. The average molecular weight is 445 g/mol. The number of halogens is 1. The van der Waals surface area contributed by atoms with Crippen LogP contribution >= 0.6 is 0 Å². The second-order valence-corrected chi connectivity index (χ2v) is 8.20. The molecule has 0 unspecified atom stereocenters. The van der Waals surface area contributed by atoms with Crippen LogP contribution in [0.3, 0.4) is 0 Å². The lowest BCUT2D eigenvalue weighted by atomic mass is 10.1. The fourth-order valence-electron chi connectivity index (χ4n) is 4.08. The summed E-state index contributed by atoms with van der Waals surface area (Å²) in [5.74, 6) is 0.150. The molecule has 5 rings (SSSR count). The van der Waals surface area contributed by atoms with Gasteiger partial charge in [-0.2, -0.15) is 0 Å². The zero-order valence-electron chi connectivity index (χ0n) is 18.9. The molecule has 1 N–H and O–H groups in total. The van der Waals surface area contributed by atoms with Crippen LogP contribution in [0.1, 0.15) is 24.1 Å². The minimum absolute atomic E-state index is 0.344. The van der Waals surface area contributed by atoms with E-state index in [-0.39, 0.29) is 5.82 Å². The van der Waals surface area contributed by atoms with Crippen molar-refractivity contribution in [2.45, 2.75) is 13.8 Å². The maximum Gasteiger partial charge on any atom is 0.165 e. The molecule has 0 amide bonds. The second-order valence-electron chi connectivity index (χ2n) is 8.20. The number of aromatic amines is 1. The van der Waals surface area contributed by atoms with Crippen LogP contribution in [0, 0.1) is 12.7 Å². The molecule has 2 aliphatic heterocycles. The van der Waals surface area contributed by atoms with Crippen molar-refractivity contribution in [3.8, 4) is 11.1 Å². The lowest BCUT2D eigenvalue weighted by molar-refractivity contribution is 0.207. The Balaban J connectivity index is 1.57. The zero-order chi connectivity index (χ0) is 22.9. The highest BCUT2D eigenvalue weighted by atomic mass is 19.1. The van der Waals surface area contributed by atoms with E-state index in [0.29, 0.717) is 33.4 Å². The highest BCUT2D eigenvalue weighted by Crippen LogP contribution is 2.26. The SMILES string of the molecule is C/C=C\C=C(/c1nc(C2=c3c(F)c(-c4cncnc4)cnc3=N2)[nH]c1C)N1CCN(C)CC1. The molecule has 168 valence electrons. The molecule has 0 atom stereocenters. The van der Waals surface area contributed by atoms with Gasteiger partial charge in [0.1, 0.15) is 23.5 Å². The molecule has 2 aliphatic rings. The molecule has 8 nitrogen and oxygen atoms in total. The first-order chi connectivity index (χ1) is 16.1. The van der Waals surface area contributed by atoms with Crippen molar-refractivity contribution in [2.24, 2.45) is 4.99 Å². The normalized spacial score (nSPS) is 16.7. The van der Waals surface area contributed by atoms with Gasteiger partial charge in [-0.05, 0) is 27.0 Å². The maximum atomic E-state index is 15.4. The molecule has 1 saturated heterocycles. The standard InChI is InChI=1S/C24H25FN8/c1-4-5-6-18(33-9-7-32(3)8-10-33)21-15(2)29-24(30-21)22-19-20(25)17(13-28-23(19)31-22)16-11-26-14-27-12-16/h4-6,11-14H,7-10H2,1-3H3,(H,29,30)/b5-4-,18-6+. The summed E-state index contributed by atoms with van der Waals surface area (Å²) in [6.07, 6.45) is 12.1. The van der Waals surface area contributed by atoms with E-state index in [2.05, 4.69) is 47.9 Å². The Morgan fingerprint density at radius 1 is 1.12 bits per heavy atom. The first-order valence-electron chi connectivity index (χ1n) is 10.9. The number of likely N-dealkylation sites (N-methyl/N-ethyl adjacent to an activating group) is 1. The number of hydrogen-bond donors (Lipinski definition) is 1. The molecule has 3 aromatic heterocycles. The number of nitrogens with zero attached hydrogens (tertiary/aromatic N) is 7. The lowest BCUT2D eigenvalue weighted by Crippen LogP contribution is -2.43. The van der Waals surface area contributed by atoms with Gasteiger partial charge in [0.25, 0.3) is 0 Å². The van der Waals surface area contributed by atoms with E-state index in [1.807, 2.05) is 26.0 Å². The summed E-state index contributed by atoms with van der Waals surface area (Å²) in [7, 11) is 2.13. The average Bonchev–Trinajstić information content (AvgIpc) is 3.17. The highest BCUT2D eigenvalue weighted by Gasteiger charge is 2.25. The largest absolute Gasteiger partial charge is 0.367 e. The van der Waals surface area contributed by atoms with E-state index in [4.69, 9.17) is 4.98 Å². The number of hydrogen-bond acceptors (Lipinski definition) is 7. The Morgan fingerprint density at radius 2 is 1.88 bits per heavy atom. The molecular weight excluding hydrogens is 419 g/mol. The summed E-state index contributed by atoms with van der Waals surface area (Å²) in [4.78, 5) is 29.5. The van der Waals surface area contributed by atoms with Crippen LogP contribution in [0.4, 0.5) is 4.39 Å². The van der Waals surface area contributed by atoms with E-state index in [9.17, 15) is 0 Å². The van der Waals surface area contributed by atoms with E-state index in [0.717, 1.165) is 43.3 Å². The van der Waals surface area contributed by atoms with Crippen LogP contribution in [0.25, 0.3) is 22.5 Å².